The summed E-state index contributed by atoms with van der Waals surface area (Å²) in [4.78, 5) is 2.01. The molecule has 2 fully saturated rings. The lowest BCUT2D eigenvalue weighted by Crippen LogP contribution is -2.58. The molecule has 1 saturated carbocycles. The van der Waals surface area contributed by atoms with Crippen LogP contribution in [0.2, 0.25) is 0 Å². The van der Waals surface area contributed by atoms with Crippen LogP contribution in [0.3, 0.4) is 0 Å². The van der Waals surface area contributed by atoms with Crippen LogP contribution in [0.25, 0.3) is 0 Å². The Morgan fingerprint density at radius 3 is 2.59 bits per heavy atom. The van der Waals surface area contributed by atoms with Gasteiger partial charge in [-0.3, -0.25) is 4.90 Å². The Labute approximate surface area is 102 Å². The van der Waals surface area contributed by atoms with Gasteiger partial charge in [0.1, 0.15) is 5.54 Å². The van der Waals surface area contributed by atoms with E-state index in [0.29, 0.717) is 39.1 Å². The molecule has 0 N–H and O–H groups in total. The molecule has 2 atom stereocenters. The van der Waals surface area contributed by atoms with Crippen LogP contribution in [0.15, 0.2) is 0 Å². The number of rotatable bonds is 2. The lowest BCUT2D eigenvalue weighted by Gasteiger charge is -2.41. The summed E-state index contributed by atoms with van der Waals surface area (Å²) in [5.74, 6) is 0. The fourth-order valence-corrected chi connectivity index (χ4v) is 4.67. The highest BCUT2D eigenvalue weighted by Gasteiger charge is 2.52. The molecule has 1 aliphatic heterocycles. The summed E-state index contributed by atoms with van der Waals surface area (Å²) < 4.78 is 29.0. The molecule has 1 heterocycles. The van der Waals surface area contributed by atoms with E-state index in [4.69, 9.17) is 4.74 Å². The van der Waals surface area contributed by atoms with Gasteiger partial charge >= 0.3 is 0 Å². The number of nitrogens with zero attached hydrogens (tertiary/aromatic N) is 2. The Hall–Kier alpha value is -0.640. The molecular formula is C11H18N2O3S. The molecule has 0 aromatic rings. The number of ether oxygens (including phenoxy) is 1. The monoisotopic (exact) mass is 258 g/mol. The molecule has 2 rings (SSSR count). The third-order valence-corrected chi connectivity index (χ3v) is 5.50. The Balaban J connectivity index is 2.32. The van der Waals surface area contributed by atoms with Crippen molar-refractivity contribution in [2.24, 2.45) is 0 Å². The largest absolute Gasteiger partial charge is 0.379 e. The van der Waals surface area contributed by atoms with Gasteiger partial charge in [0.15, 0.2) is 9.84 Å². The van der Waals surface area contributed by atoms with Crippen molar-refractivity contribution in [1.82, 2.24) is 4.90 Å². The minimum atomic E-state index is -3.18. The minimum Gasteiger partial charge on any atom is -0.379 e. The van der Waals surface area contributed by atoms with E-state index in [1.54, 1.807) is 0 Å². The van der Waals surface area contributed by atoms with Crippen molar-refractivity contribution in [1.29, 1.82) is 5.26 Å². The molecule has 0 aromatic carbocycles. The second-order valence-electron chi connectivity index (χ2n) is 4.85. The fourth-order valence-electron chi connectivity index (χ4n) is 3.05. The zero-order valence-corrected chi connectivity index (χ0v) is 10.9. The molecule has 0 bridgehead atoms. The van der Waals surface area contributed by atoms with E-state index in [9.17, 15) is 13.7 Å². The van der Waals surface area contributed by atoms with Crippen molar-refractivity contribution < 1.29 is 13.2 Å². The van der Waals surface area contributed by atoms with E-state index in [0.717, 1.165) is 6.42 Å². The normalized spacial score (nSPS) is 35.6. The SMILES string of the molecule is CS(=O)(=O)C1CCCC1(C#N)N1CCOCC1. The first kappa shape index (κ1) is 12.8. The predicted octanol–water partition coefficient (Wildman–Crippen LogP) is 0.178. The van der Waals surface area contributed by atoms with E-state index in [1.165, 1.54) is 6.26 Å². The summed E-state index contributed by atoms with van der Waals surface area (Å²) in [6.45, 7) is 2.47. The molecule has 5 nitrogen and oxygen atoms in total. The highest BCUT2D eigenvalue weighted by Crippen LogP contribution is 2.39. The van der Waals surface area contributed by atoms with Gasteiger partial charge in [0, 0.05) is 19.3 Å². The van der Waals surface area contributed by atoms with Crippen molar-refractivity contribution >= 4 is 9.84 Å². The molecule has 1 saturated heterocycles. The van der Waals surface area contributed by atoms with Gasteiger partial charge in [0.25, 0.3) is 0 Å². The second-order valence-corrected chi connectivity index (χ2v) is 7.07. The van der Waals surface area contributed by atoms with Crippen LogP contribution in [0.1, 0.15) is 19.3 Å². The van der Waals surface area contributed by atoms with Gasteiger partial charge in [-0.05, 0) is 19.3 Å². The fraction of sp³-hybridized carbons (Fsp3) is 0.909. The van der Waals surface area contributed by atoms with Crippen molar-refractivity contribution in [3.63, 3.8) is 0 Å². The average molecular weight is 258 g/mol. The van der Waals surface area contributed by atoms with Gasteiger partial charge in [0.2, 0.25) is 0 Å². The van der Waals surface area contributed by atoms with Crippen LogP contribution < -0.4 is 0 Å². The molecule has 1 aliphatic carbocycles. The highest BCUT2D eigenvalue weighted by molar-refractivity contribution is 7.91. The van der Waals surface area contributed by atoms with Crippen LogP contribution in [-0.4, -0.2) is 56.7 Å². The summed E-state index contributed by atoms with van der Waals surface area (Å²) in [5.41, 5.74) is -0.822. The zero-order chi connectivity index (χ0) is 12.5. The maximum atomic E-state index is 11.8. The van der Waals surface area contributed by atoms with Crippen molar-refractivity contribution in [2.45, 2.75) is 30.1 Å². The third-order valence-electron chi connectivity index (χ3n) is 3.84. The minimum absolute atomic E-state index is 0.543. The van der Waals surface area contributed by atoms with Crippen LogP contribution >= 0.6 is 0 Å². The van der Waals surface area contributed by atoms with Crippen molar-refractivity contribution in [3.05, 3.63) is 0 Å². The number of sulfone groups is 1. The highest BCUT2D eigenvalue weighted by atomic mass is 32.2. The van der Waals surface area contributed by atoms with Gasteiger partial charge in [-0.2, -0.15) is 5.26 Å². The van der Waals surface area contributed by atoms with Gasteiger partial charge < -0.3 is 4.74 Å². The maximum Gasteiger partial charge on any atom is 0.153 e. The Kier molecular flexibility index (Phi) is 3.43. The van der Waals surface area contributed by atoms with Crippen molar-refractivity contribution in [2.75, 3.05) is 32.6 Å². The summed E-state index contributed by atoms with van der Waals surface area (Å²) >= 11 is 0. The van der Waals surface area contributed by atoms with Gasteiger partial charge in [0.05, 0.1) is 24.5 Å². The molecule has 2 aliphatic rings. The first-order chi connectivity index (χ1) is 8.00. The Morgan fingerprint density at radius 2 is 2.06 bits per heavy atom. The standard InChI is InChI=1S/C11H18N2O3S/c1-17(14,15)10-3-2-4-11(10,9-12)13-5-7-16-8-6-13/h10H,2-8H2,1H3. The lowest BCUT2D eigenvalue weighted by atomic mass is 9.96. The molecule has 6 heteroatoms. The average Bonchev–Trinajstić information content (AvgIpc) is 2.75. The molecule has 0 spiro atoms. The van der Waals surface area contributed by atoms with E-state index < -0.39 is 20.6 Å². The molecule has 0 radical (unpaired) electrons. The van der Waals surface area contributed by atoms with E-state index >= 15 is 0 Å². The number of morpholine rings is 1. The zero-order valence-electron chi connectivity index (χ0n) is 10.1. The Morgan fingerprint density at radius 1 is 1.41 bits per heavy atom. The quantitative estimate of drug-likeness (QED) is 0.706. The molecule has 96 valence electrons. The maximum absolute atomic E-state index is 11.8. The van der Waals surface area contributed by atoms with E-state index in [1.807, 2.05) is 4.90 Å². The van der Waals surface area contributed by atoms with Crippen LogP contribution in [0.5, 0.6) is 0 Å². The third kappa shape index (κ3) is 2.19. The Bertz CT molecular complexity index is 422. The number of hydrogen-bond donors (Lipinski definition) is 0. The topological polar surface area (TPSA) is 70.4 Å². The summed E-state index contributed by atoms with van der Waals surface area (Å²) in [6, 6.07) is 2.29. The first-order valence-electron chi connectivity index (χ1n) is 5.93. The van der Waals surface area contributed by atoms with Gasteiger partial charge in [-0.15, -0.1) is 0 Å². The summed E-state index contributed by atoms with van der Waals surface area (Å²) in [7, 11) is -3.18. The van der Waals surface area contributed by atoms with E-state index in [-0.39, 0.29) is 0 Å². The van der Waals surface area contributed by atoms with E-state index in [2.05, 4.69) is 6.07 Å². The number of nitriles is 1. The lowest BCUT2D eigenvalue weighted by molar-refractivity contribution is -0.000607. The summed E-state index contributed by atoms with van der Waals surface area (Å²) in [5, 5.41) is 8.96. The molecule has 0 amide bonds. The van der Waals surface area contributed by atoms with Crippen LogP contribution in [0.4, 0.5) is 0 Å². The molecular weight excluding hydrogens is 240 g/mol. The van der Waals surface area contributed by atoms with Crippen molar-refractivity contribution in [3.8, 4) is 6.07 Å². The van der Waals surface area contributed by atoms with Crippen LogP contribution in [-0.2, 0) is 14.6 Å². The second kappa shape index (κ2) is 4.56. The number of hydrogen-bond acceptors (Lipinski definition) is 5. The van der Waals surface area contributed by atoms with Gasteiger partial charge in [-0.25, -0.2) is 8.42 Å². The van der Waals surface area contributed by atoms with Gasteiger partial charge in [-0.1, -0.05) is 0 Å². The summed E-state index contributed by atoms with van der Waals surface area (Å²) in [6.07, 6.45) is 3.31. The smallest absolute Gasteiger partial charge is 0.153 e. The predicted molar refractivity (Wildman–Crippen MR) is 63.2 cm³/mol. The molecule has 0 aromatic heterocycles. The molecule has 17 heavy (non-hydrogen) atoms. The van der Waals surface area contributed by atoms with Crippen LogP contribution in [0, 0.1) is 11.3 Å². The first-order valence-corrected chi connectivity index (χ1v) is 7.89. The molecule has 2 unspecified atom stereocenters.